The van der Waals surface area contributed by atoms with Crippen LogP contribution in [0.25, 0.3) is 0 Å². The zero-order valence-electron chi connectivity index (χ0n) is 8.09. The molecule has 0 aromatic heterocycles. The zero-order chi connectivity index (χ0) is 10.6. The Morgan fingerprint density at radius 2 is 2.14 bits per heavy atom. The number of aliphatic hydroxyl groups is 1. The van der Waals surface area contributed by atoms with Crippen molar-refractivity contribution in [3.63, 3.8) is 0 Å². The Hall–Kier alpha value is -0.860. The van der Waals surface area contributed by atoms with E-state index in [0.717, 1.165) is 16.7 Å². The lowest BCUT2D eigenvalue weighted by molar-refractivity contribution is -0.116. The van der Waals surface area contributed by atoms with Crippen molar-refractivity contribution in [2.75, 3.05) is 5.88 Å². The molecule has 0 fully saturated rings. The molecule has 1 aromatic carbocycles. The van der Waals surface area contributed by atoms with Crippen molar-refractivity contribution in [3.05, 3.63) is 34.9 Å². The molecule has 0 aliphatic rings. The van der Waals surface area contributed by atoms with Gasteiger partial charge < -0.3 is 5.11 Å². The van der Waals surface area contributed by atoms with Crippen LogP contribution in [0.3, 0.4) is 0 Å². The van der Waals surface area contributed by atoms with Crippen molar-refractivity contribution in [2.24, 2.45) is 0 Å². The van der Waals surface area contributed by atoms with Crippen molar-refractivity contribution in [1.82, 2.24) is 0 Å². The number of aliphatic hydroxyl groups excluding tert-OH is 1. The highest BCUT2D eigenvalue weighted by Gasteiger charge is 2.06. The molecule has 0 unspecified atom stereocenters. The average molecular weight is 213 g/mol. The van der Waals surface area contributed by atoms with E-state index in [1.54, 1.807) is 0 Å². The lowest BCUT2D eigenvalue weighted by atomic mass is 10.0. The summed E-state index contributed by atoms with van der Waals surface area (Å²) in [5.74, 6) is 0.00359. The highest BCUT2D eigenvalue weighted by Crippen LogP contribution is 2.13. The number of benzene rings is 1. The average Bonchev–Trinajstić information content (AvgIpc) is 2.20. The standard InChI is InChI=1S/C11H13ClO2/c1-8-2-3-9(5-11(14)6-12)10(4-8)7-13/h2-4,13H,5-7H2,1H3. The number of carbonyl (C=O) groups excluding carboxylic acids is 1. The molecule has 0 amide bonds. The monoisotopic (exact) mass is 212 g/mol. The van der Waals surface area contributed by atoms with Crippen molar-refractivity contribution < 1.29 is 9.90 Å². The largest absolute Gasteiger partial charge is 0.392 e. The van der Waals surface area contributed by atoms with Gasteiger partial charge in [-0.3, -0.25) is 4.79 Å². The Bertz CT molecular complexity index is 334. The highest BCUT2D eigenvalue weighted by molar-refractivity contribution is 6.27. The first-order valence-corrected chi connectivity index (χ1v) is 4.97. The molecule has 0 saturated carbocycles. The molecule has 0 radical (unpaired) electrons. The van der Waals surface area contributed by atoms with Crippen LogP contribution in [0.1, 0.15) is 16.7 Å². The Morgan fingerprint density at radius 3 is 2.71 bits per heavy atom. The van der Waals surface area contributed by atoms with Crippen LogP contribution in [0.5, 0.6) is 0 Å². The Kier molecular flexibility index (Phi) is 4.11. The third kappa shape index (κ3) is 2.82. The van der Waals surface area contributed by atoms with Crippen molar-refractivity contribution in [2.45, 2.75) is 20.0 Å². The van der Waals surface area contributed by atoms with Gasteiger partial charge in [-0.05, 0) is 18.1 Å². The van der Waals surface area contributed by atoms with Gasteiger partial charge in [0.2, 0.25) is 0 Å². The topological polar surface area (TPSA) is 37.3 Å². The van der Waals surface area contributed by atoms with E-state index in [2.05, 4.69) is 0 Å². The molecule has 0 spiro atoms. The van der Waals surface area contributed by atoms with Crippen LogP contribution in [0.2, 0.25) is 0 Å². The number of alkyl halides is 1. The van der Waals surface area contributed by atoms with Gasteiger partial charge in [-0.25, -0.2) is 0 Å². The van der Waals surface area contributed by atoms with Gasteiger partial charge in [0, 0.05) is 6.42 Å². The fourth-order valence-electron chi connectivity index (χ4n) is 1.33. The predicted molar refractivity (Wildman–Crippen MR) is 56.5 cm³/mol. The van der Waals surface area contributed by atoms with Gasteiger partial charge in [-0.1, -0.05) is 23.8 Å². The fourth-order valence-corrected chi connectivity index (χ4v) is 1.43. The molecule has 1 aromatic rings. The van der Waals surface area contributed by atoms with E-state index in [1.165, 1.54) is 0 Å². The summed E-state index contributed by atoms with van der Waals surface area (Å²) in [6.07, 6.45) is 0.305. The zero-order valence-corrected chi connectivity index (χ0v) is 8.84. The number of carbonyl (C=O) groups is 1. The molecule has 76 valence electrons. The summed E-state index contributed by atoms with van der Waals surface area (Å²) in [7, 11) is 0. The number of aryl methyl sites for hydroxylation is 1. The maximum absolute atomic E-state index is 11.1. The second kappa shape index (κ2) is 5.13. The van der Waals surface area contributed by atoms with E-state index in [4.69, 9.17) is 16.7 Å². The first-order chi connectivity index (χ1) is 6.67. The number of hydrogen-bond donors (Lipinski definition) is 1. The van der Waals surface area contributed by atoms with Crippen LogP contribution in [-0.4, -0.2) is 16.8 Å². The van der Waals surface area contributed by atoms with Crippen LogP contribution in [0.15, 0.2) is 18.2 Å². The van der Waals surface area contributed by atoms with Crippen molar-refractivity contribution >= 4 is 17.4 Å². The minimum absolute atomic E-state index is 0.0229. The molecular formula is C11H13ClO2. The van der Waals surface area contributed by atoms with Crippen molar-refractivity contribution in [1.29, 1.82) is 0 Å². The highest BCUT2D eigenvalue weighted by atomic mass is 35.5. The minimum atomic E-state index is -0.0351. The Morgan fingerprint density at radius 1 is 1.43 bits per heavy atom. The number of rotatable bonds is 4. The summed E-state index contributed by atoms with van der Waals surface area (Å²) in [6, 6.07) is 5.68. The SMILES string of the molecule is Cc1ccc(CC(=O)CCl)c(CO)c1. The normalized spacial score (nSPS) is 10.2. The Balaban J connectivity index is 2.90. The van der Waals surface area contributed by atoms with Gasteiger partial charge in [0.15, 0.2) is 5.78 Å². The molecule has 0 aliphatic carbocycles. The quantitative estimate of drug-likeness (QED) is 0.774. The Labute approximate surface area is 88.5 Å². The number of halogens is 1. The molecule has 2 nitrogen and oxygen atoms in total. The van der Waals surface area contributed by atoms with Gasteiger partial charge in [-0.15, -0.1) is 11.6 Å². The fraction of sp³-hybridized carbons (Fsp3) is 0.364. The van der Waals surface area contributed by atoms with Gasteiger partial charge in [0.05, 0.1) is 12.5 Å². The number of Topliss-reactive ketones (excluding diaryl/α,β-unsaturated/α-hetero) is 1. The summed E-state index contributed by atoms with van der Waals surface area (Å²) >= 11 is 5.42. The summed E-state index contributed by atoms with van der Waals surface area (Å²) in [5.41, 5.74) is 2.75. The van der Waals surface area contributed by atoms with Gasteiger partial charge in [0.25, 0.3) is 0 Å². The van der Waals surface area contributed by atoms with Gasteiger partial charge >= 0.3 is 0 Å². The molecule has 0 heterocycles. The molecule has 0 bridgehead atoms. The maximum atomic E-state index is 11.1. The maximum Gasteiger partial charge on any atom is 0.151 e. The van der Waals surface area contributed by atoms with Crippen LogP contribution in [0, 0.1) is 6.92 Å². The third-order valence-electron chi connectivity index (χ3n) is 2.07. The van der Waals surface area contributed by atoms with E-state index in [-0.39, 0.29) is 18.3 Å². The van der Waals surface area contributed by atoms with Crippen LogP contribution >= 0.6 is 11.6 Å². The smallest absolute Gasteiger partial charge is 0.151 e. The summed E-state index contributed by atoms with van der Waals surface area (Å²) in [5, 5.41) is 9.08. The van der Waals surface area contributed by atoms with Gasteiger partial charge in [-0.2, -0.15) is 0 Å². The minimum Gasteiger partial charge on any atom is -0.392 e. The molecule has 0 atom stereocenters. The second-order valence-corrected chi connectivity index (χ2v) is 3.55. The predicted octanol–water partition coefficient (Wildman–Crippen LogP) is 1.84. The van der Waals surface area contributed by atoms with Crippen molar-refractivity contribution in [3.8, 4) is 0 Å². The third-order valence-corrected chi connectivity index (χ3v) is 2.37. The van der Waals surface area contributed by atoms with E-state index >= 15 is 0 Å². The molecule has 1 rings (SSSR count). The van der Waals surface area contributed by atoms with Crippen LogP contribution in [0.4, 0.5) is 0 Å². The second-order valence-electron chi connectivity index (χ2n) is 3.28. The van der Waals surface area contributed by atoms with Gasteiger partial charge in [0.1, 0.15) is 0 Å². The summed E-state index contributed by atoms with van der Waals surface area (Å²) in [4.78, 5) is 11.1. The molecular weight excluding hydrogens is 200 g/mol. The summed E-state index contributed by atoms with van der Waals surface area (Å²) < 4.78 is 0. The molecule has 1 N–H and O–H groups in total. The molecule has 0 aliphatic heterocycles. The molecule has 14 heavy (non-hydrogen) atoms. The lowest BCUT2D eigenvalue weighted by Gasteiger charge is -2.06. The summed E-state index contributed by atoms with van der Waals surface area (Å²) in [6.45, 7) is 1.92. The number of ketones is 1. The van der Waals surface area contributed by atoms with E-state index in [1.807, 2.05) is 25.1 Å². The van der Waals surface area contributed by atoms with E-state index in [9.17, 15) is 4.79 Å². The first kappa shape index (κ1) is 11.2. The molecule has 0 saturated heterocycles. The van der Waals surface area contributed by atoms with Crippen LogP contribution < -0.4 is 0 Å². The molecule has 3 heteroatoms. The van der Waals surface area contributed by atoms with E-state index in [0.29, 0.717) is 6.42 Å². The lowest BCUT2D eigenvalue weighted by Crippen LogP contribution is -2.06. The van der Waals surface area contributed by atoms with Crippen LogP contribution in [-0.2, 0) is 17.8 Å². The van der Waals surface area contributed by atoms with E-state index < -0.39 is 0 Å². The number of hydrogen-bond acceptors (Lipinski definition) is 2. The first-order valence-electron chi connectivity index (χ1n) is 4.44.